The van der Waals surface area contributed by atoms with E-state index >= 15 is 0 Å². The number of hydrogen-bond donors (Lipinski definition) is 2. The smallest absolute Gasteiger partial charge is 0.511 e. The Kier molecular flexibility index (Phi) is 2.70. The third kappa shape index (κ3) is 2.05. The highest BCUT2D eigenvalue weighted by atomic mass is 16.6. The summed E-state index contributed by atoms with van der Waals surface area (Å²) < 4.78 is 4.73. The maximum absolute atomic E-state index is 8.62. The molecule has 0 fully saturated rings. The Morgan fingerprint density at radius 2 is 2.07 bits per heavy atom. The lowest BCUT2D eigenvalue weighted by atomic mass is 9.96. The number of pyridine rings is 1. The molecule has 14 heavy (non-hydrogen) atoms. The first-order valence-electron chi connectivity index (χ1n) is 4.76. The zero-order valence-electron chi connectivity index (χ0n) is 7.81. The number of aryl methyl sites for hydroxylation is 2. The number of fused-ring (bicyclic) bond motifs is 1. The van der Waals surface area contributed by atoms with Crippen LogP contribution in [0.3, 0.4) is 0 Å². The molecule has 0 atom stereocenters. The van der Waals surface area contributed by atoms with Crippen molar-refractivity contribution in [2.75, 3.05) is 0 Å². The minimum atomic E-state index is -1.77. The van der Waals surface area contributed by atoms with Gasteiger partial charge in [-0.25, -0.2) is 0 Å². The van der Waals surface area contributed by atoms with Crippen molar-refractivity contribution in [1.29, 1.82) is 0 Å². The summed E-state index contributed by atoms with van der Waals surface area (Å²) in [6.45, 7) is 0. The van der Waals surface area contributed by atoms with E-state index in [2.05, 4.69) is 4.98 Å². The van der Waals surface area contributed by atoms with Crippen LogP contribution < -0.4 is 4.65 Å². The first-order valence-corrected chi connectivity index (χ1v) is 4.76. The molecule has 1 aliphatic carbocycles. The van der Waals surface area contributed by atoms with E-state index in [1.54, 1.807) is 0 Å². The SMILES string of the molecule is OB(O)Oc1cnc2c(c1)CCCC2. The van der Waals surface area contributed by atoms with Crippen LogP contribution in [0.25, 0.3) is 0 Å². The van der Waals surface area contributed by atoms with Crippen LogP contribution in [-0.4, -0.2) is 22.4 Å². The quantitative estimate of drug-likeness (QED) is 0.663. The molecule has 0 aliphatic heterocycles. The number of aromatic nitrogens is 1. The second kappa shape index (κ2) is 3.98. The van der Waals surface area contributed by atoms with E-state index in [4.69, 9.17) is 14.7 Å². The van der Waals surface area contributed by atoms with E-state index in [1.807, 2.05) is 6.07 Å². The minimum Gasteiger partial charge on any atom is -0.511 e. The van der Waals surface area contributed by atoms with Crippen molar-refractivity contribution in [3.63, 3.8) is 0 Å². The van der Waals surface area contributed by atoms with Crippen LogP contribution in [0, 0.1) is 0 Å². The predicted octanol–water partition coefficient (Wildman–Crippen LogP) is 0.309. The lowest BCUT2D eigenvalue weighted by molar-refractivity contribution is 0.287. The molecule has 0 amide bonds. The van der Waals surface area contributed by atoms with Gasteiger partial charge in [0.2, 0.25) is 0 Å². The molecule has 2 rings (SSSR count). The molecule has 0 radical (unpaired) electrons. The first kappa shape index (κ1) is 9.49. The Bertz CT molecular complexity index is 330. The summed E-state index contributed by atoms with van der Waals surface area (Å²) in [6, 6.07) is 1.83. The second-order valence-electron chi connectivity index (χ2n) is 3.43. The van der Waals surface area contributed by atoms with Crippen molar-refractivity contribution in [2.24, 2.45) is 0 Å². The Morgan fingerprint density at radius 3 is 2.86 bits per heavy atom. The maximum Gasteiger partial charge on any atom is 0.707 e. The van der Waals surface area contributed by atoms with Gasteiger partial charge < -0.3 is 14.7 Å². The summed E-state index contributed by atoms with van der Waals surface area (Å²) in [5.74, 6) is 0.417. The molecule has 1 aromatic rings. The topological polar surface area (TPSA) is 62.6 Å². The number of rotatable bonds is 2. The molecular formula is C9H12BNO3. The summed E-state index contributed by atoms with van der Waals surface area (Å²) in [5.41, 5.74) is 2.27. The molecule has 2 N–H and O–H groups in total. The molecule has 74 valence electrons. The van der Waals surface area contributed by atoms with Gasteiger partial charge in [-0.15, -0.1) is 0 Å². The molecule has 1 heterocycles. The zero-order chi connectivity index (χ0) is 9.97. The number of nitrogens with zero attached hydrogens (tertiary/aromatic N) is 1. The normalized spacial score (nSPS) is 14.7. The van der Waals surface area contributed by atoms with Crippen LogP contribution in [0.4, 0.5) is 0 Å². The third-order valence-corrected chi connectivity index (χ3v) is 2.39. The van der Waals surface area contributed by atoms with Crippen molar-refractivity contribution >= 4 is 7.32 Å². The molecule has 0 saturated carbocycles. The molecule has 0 bridgehead atoms. The maximum atomic E-state index is 8.62. The van der Waals surface area contributed by atoms with E-state index in [1.165, 1.54) is 19.0 Å². The Morgan fingerprint density at radius 1 is 1.29 bits per heavy atom. The van der Waals surface area contributed by atoms with Crippen molar-refractivity contribution in [2.45, 2.75) is 25.7 Å². The van der Waals surface area contributed by atoms with Gasteiger partial charge in [0.25, 0.3) is 0 Å². The van der Waals surface area contributed by atoms with Crippen molar-refractivity contribution < 1.29 is 14.7 Å². The summed E-state index contributed by atoms with van der Waals surface area (Å²) in [6.07, 6.45) is 5.89. The van der Waals surface area contributed by atoms with Crippen LogP contribution in [-0.2, 0) is 12.8 Å². The van der Waals surface area contributed by atoms with E-state index in [0.717, 1.165) is 24.1 Å². The van der Waals surface area contributed by atoms with Gasteiger partial charge in [-0.05, 0) is 37.3 Å². The highest BCUT2D eigenvalue weighted by Crippen LogP contribution is 2.22. The van der Waals surface area contributed by atoms with Crippen LogP contribution in [0.1, 0.15) is 24.1 Å². The van der Waals surface area contributed by atoms with Gasteiger partial charge in [0.15, 0.2) is 0 Å². The molecule has 4 nitrogen and oxygen atoms in total. The van der Waals surface area contributed by atoms with E-state index in [0.29, 0.717) is 5.75 Å². The van der Waals surface area contributed by atoms with Gasteiger partial charge in [0, 0.05) is 5.69 Å². The van der Waals surface area contributed by atoms with Crippen molar-refractivity contribution in [3.8, 4) is 5.75 Å². The molecule has 0 aromatic carbocycles. The van der Waals surface area contributed by atoms with Gasteiger partial charge in [0.1, 0.15) is 5.75 Å². The van der Waals surface area contributed by atoms with Gasteiger partial charge in [-0.1, -0.05) is 0 Å². The van der Waals surface area contributed by atoms with Gasteiger partial charge in [-0.2, -0.15) is 0 Å². The fourth-order valence-corrected chi connectivity index (χ4v) is 1.75. The fraction of sp³-hybridized carbons (Fsp3) is 0.444. The van der Waals surface area contributed by atoms with Gasteiger partial charge >= 0.3 is 7.32 Å². The first-order chi connectivity index (χ1) is 6.75. The van der Waals surface area contributed by atoms with Crippen LogP contribution >= 0.6 is 0 Å². The average Bonchev–Trinajstić information content (AvgIpc) is 2.17. The Balaban J connectivity index is 2.20. The van der Waals surface area contributed by atoms with Gasteiger partial charge in [0.05, 0.1) is 6.20 Å². The molecule has 1 aliphatic rings. The standard InChI is InChI=1S/C9H12BNO3/c12-10(13)14-8-5-7-3-1-2-4-9(7)11-6-8/h5-6,12-13H,1-4H2. The van der Waals surface area contributed by atoms with E-state index in [-0.39, 0.29) is 0 Å². The Labute approximate surface area is 82.7 Å². The average molecular weight is 193 g/mol. The molecule has 0 saturated heterocycles. The number of hydrogen-bond acceptors (Lipinski definition) is 4. The molecular weight excluding hydrogens is 181 g/mol. The predicted molar refractivity (Wildman–Crippen MR) is 51.7 cm³/mol. The van der Waals surface area contributed by atoms with E-state index < -0.39 is 7.32 Å². The zero-order valence-corrected chi connectivity index (χ0v) is 7.81. The van der Waals surface area contributed by atoms with Crippen molar-refractivity contribution in [3.05, 3.63) is 23.5 Å². The highest BCUT2D eigenvalue weighted by molar-refractivity contribution is 6.33. The highest BCUT2D eigenvalue weighted by Gasteiger charge is 2.15. The van der Waals surface area contributed by atoms with Crippen LogP contribution in [0.15, 0.2) is 12.3 Å². The summed E-state index contributed by atoms with van der Waals surface area (Å²) in [7, 11) is -1.77. The van der Waals surface area contributed by atoms with Gasteiger partial charge in [-0.3, -0.25) is 4.98 Å². The fourth-order valence-electron chi connectivity index (χ4n) is 1.75. The molecule has 5 heteroatoms. The molecule has 0 unspecified atom stereocenters. The van der Waals surface area contributed by atoms with Crippen LogP contribution in [0.5, 0.6) is 5.75 Å². The minimum absolute atomic E-state index is 0.417. The summed E-state index contributed by atoms with van der Waals surface area (Å²) in [5, 5.41) is 17.2. The third-order valence-electron chi connectivity index (χ3n) is 2.39. The summed E-state index contributed by atoms with van der Waals surface area (Å²) >= 11 is 0. The largest absolute Gasteiger partial charge is 0.707 e. The molecule has 1 aromatic heterocycles. The van der Waals surface area contributed by atoms with E-state index in [9.17, 15) is 0 Å². The van der Waals surface area contributed by atoms with Crippen molar-refractivity contribution in [1.82, 2.24) is 4.98 Å². The monoisotopic (exact) mass is 193 g/mol. The lowest BCUT2D eigenvalue weighted by Crippen LogP contribution is -2.21. The molecule has 0 spiro atoms. The summed E-state index contributed by atoms with van der Waals surface area (Å²) in [4.78, 5) is 4.23. The second-order valence-corrected chi connectivity index (χ2v) is 3.43. The Hall–Kier alpha value is -1.07. The van der Waals surface area contributed by atoms with Crippen LogP contribution in [0.2, 0.25) is 0 Å². The lowest BCUT2D eigenvalue weighted by Gasteiger charge is -2.15.